The van der Waals surface area contributed by atoms with E-state index in [1.54, 1.807) is 19.1 Å². The Morgan fingerprint density at radius 2 is 1.92 bits per heavy atom. The van der Waals surface area contributed by atoms with Crippen molar-refractivity contribution in [3.8, 4) is 5.75 Å². The molecule has 132 valence electrons. The van der Waals surface area contributed by atoms with Crippen LogP contribution in [0.25, 0.3) is 0 Å². The van der Waals surface area contributed by atoms with Gasteiger partial charge in [-0.25, -0.2) is 4.79 Å². The molecule has 0 fully saturated rings. The van der Waals surface area contributed by atoms with Crippen molar-refractivity contribution in [2.75, 3.05) is 6.61 Å². The standard InChI is InChI=1S/C19H20ClNO4/c1-13-6-5-8-16(10-13)25-14(2)19(23)24-12-18(22)21-11-15-7-3-4-9-17(15)20/h3-10,14H,11-12H2,1-2H3,(H,21,22)/t14-/m0/s1. The number of ether oxygens (including phenoxy) is 2. The maximum atomic E-state index is 11.9. The number of rotatable bonds is 7. The molecule has 0 radical (unpaired) electrons. The van der Waals surface area contributed by atoms with Gasteiger partial charge in [0, 0.05) is 11.6 Å². The van der Waals surface area contributed by atoms with Crippen LogP contribution in [0.1, 0.15) is 18.1 Å². The predicted octanol–water partition coefficient (Wildman–Crippen LogP) is 3.28. The van der Waals surface area contributed by atoms with Crippen molar-refractivity contribution in [1.82, 2.24) is 5.32 Å². The van der Waals surface area contributed by atoms with Crippen molar-refractivity contribution in [3.05, 3.63) is 64.7 Å². The number of carbonyl (C=O) groups excluding carboxylic acids is 2. The smallest absolute Gasteiger partial charge is 0.347 e. The summed E-state index contributed by atoms with van der Waals surface area (Å²) in [6, 6.07) is 14.5. The van der Waals surface area contributed by atoms with Gasteiger partial charge >= 0.3 is 5.97 Å². The van der Waals surface area contributed by atoms with Crippen molar-refractivity contribution in [2.45, 2.75) is 26.5 Å². The van der Waals surface area contributed by atoms with Gasteiger partial charge in [-0.15, -0.1) is 0 Å². The lowest BCUT2D eigenvalue weighted by Gasteiger charge is -2.14. The molecule has 2 aromatic carbocycles. The van der Waals surface area contributed by atoms with Crippen LogP contribution in [0.3, 0.4) is 0 Å². The molecule has 1 amide bonds. The van der Waals surface area contributed by atoms with E-state index in [1.165, 1.54) is 0 Å². The van der Waals surface area contributed by atoms with Crippen molar-refractivity contribution in [2.24, 2.45) is 0 Å². The highest BCUT2D eigenvalue weighted by molar-refractivity contribution is 6.31. The molecule has 6 heteroatoms. The van der Waals surface area contributed by atoms with Gasteiger partial charge in [-0.2, -0.15) is 0 Å². The zero-order chi connectivity index (χ0) is 18.2. The maximum absolute atomic E-state index is 11.9. The largest absolute Gasteiger partial charge is 0.479 e. The predicted molar refractivity (Wildman–Crippen MR) is 95.5 cm³/mol. The van der Waals surface area contributed by atoms with Gasteiger partial charge in [-0.3, -0.25) is 4.79 Å². The van der Waals surface area contributed by atoms with Gasteiger partial charge in [0.15, 0.2) is 12.7 Å². The van der Waals surface area contributed by atoms with Crippen molar-refractivity contribution in [3.63, 3.8) is 0 Å². The summed E-state index contributed by atoms with van der Waals surface area (Å²) < 4.78 is 10.5. The number of halogens is 1. The Morgan fingerprint density at radius 1 is 1.16 bits per heavy atom. The van der Waals surface area contributed by atoms with E-state index in [0.29, 0.717) is 10.8 Å². The minimum Gasteiger partial charge on any atom is -0.479 e. The van der Waals surface area contributed by atoms with Gasteiger partial charge in [0.25, 0.3) is 5.91 Å². The molecule has 0 unspecified atom stereocenters. The highest BCUT2D eigenvalue weighted by Gasteiger charge is 2.17. The van der Waals surface area contributed by atoms with Crippen molar-refractivity contribution in [1.29, 1.82) is 0 Å². The van der Waals surface area contributed by atoms with Crippen LogP contribution in [0.5, 0.6) is 5.75 Å². The summed E-state index contributed by atoms with van der Waals surface area (Å²) in [5.74, 6) is -0.432. The Labute approximate surface area is 151 Å². The first-order chi connectivity index (χ1) is 12.0. The first-order valence-corrected chi connectivity index (χ1v) is 8.23. The fourth-order valence-corrected chi connectivity index (χ4v) is 2.28. The number of benzene rings is 2. The molecule has 0 saturated heterocycles. The molecule has 0 aliphatic rings. The molecule has 2 aromatic rings. The molecule has 25 heavy (non-hydrogen) atoms. The normalized spacial score (nSPS) is 11.5. The molecule has 2 rings (SSSR count). The average molecular weight is 362 g/mol. The van der Waals surface area contributed by atoms with Crippen molar-refractivity contribution < 1.29 is 19.1 Å². The van der Waals surface area contributed by atoms with Crippen LogP contribution >= 0.6 is 11.6 Å². The molecule has 0 heterocycles. The van der Waals surface area contributed by atoms with Gasteiger partial charge < -0.3 is 14.8 Å². The summed E-state index contributed by atoms with van der Waals surface area (Å²) in [5.41, 5.74) is 1.82. The Bertz CT molecular complexity index is 748. The van der Waals surface area contributed by atoms with Crippen molar-refractivity contribution >= 4 is 23.5 Å². The Hall–Kier alpha value is -2.53. The number of nitrogens with one attached hydrogen (secondary N) is 1. The van der Waals surface area contributed by atoms with Crippen LogP contribution in [0, 0.1) is 6.92 Å². The third-order valence-corrected chi connectivity index (χ3v) is 3.78. The lowest BCUT2D eigenvalue weighted by Crippen LogP contribution is -2.32. The maximum Gasteiger partial charge on any atom is 0.347 e. The number of esters is 1. The summed E-state index contributed by atoms with van der Waals surface area (Å²) in [4.78, 5) is 23.7. The SMILES string of the molecule is Cc1cccc(O[C@@H](C)C(=O)OCC(=O)NCc2ccccc2Cl)c1. The number of hydrogen-bond donors (Lipinski definition) is 1. The molecule has 1 atom stereocenters. The average Bonchev–Trinajstić information content (AvgIpc) is 2.59. The second-order valence-electron chi connectivity index (χ2n) is 5.55. The molecule has 1 N–H and O–H groups in total. The molecule has 0 bridgehead atoms. The summed E-state index contributed by atoms with van der Waals surface area (Å²) in [6.45, 7) is 3.40. The summed E-state index contributed by atoms with van der Waals surface area (Å²) >= 11 is 6.01. The highest BCUT2D eigenvalue weighted by atomic mass is 35.5. The van der Waals surface area contributed by atoms with Crippen LogP contribution < -0.4 is 10.1 Å². The molecule has 0 aliphatic heterocycles. The van der Waals surface area contributed by atoms with Crippen LogP contribution in [-0.4, -0.2) is 24.6 Å². The molecule has 0 spiro atoms. The number of hydrogen-bond acceptors (Lipinski definition) is 4. The Morgan fingerprint density at radius 3 is 2.64 bits per heavy atom. The molecular formula is C19H20ClNO4. The number of aryl methyl sites for hydroxylation is 1. The second-order valence-corrected chi connectivity index (χ2v) is 5.96. The Kier molecular flexibility index (Phi) is 6.83. The fourth-order valence-electron chi connectivity index (χ4n) is 2.08. The molecule has 0 aliphatic carbocycles. The molecular weight excluding hydrogens is 342 g/mol. The van der Waals surface area contributed by atoms with E-state index in [0.717, 1.165) is 11.1 Å². The van der Waals surface area contributed by atoms with E-state index in [2.05, 4.69) is 5.32 Å². The number of amides is 1. The quantitative estimate of drug-likeness (QED) is 0.769. The van der Waals surface area contributed by atoms with E-state index in [9.17, 15) is 9.59 Å². The third-order valence-electron chi connectivity index (χ3n) is 3.41. The summed E-state index contributed by atoms with van der Waals surface area (Å²) in [6.07, 6.45) is -0.807. The molecule has 0 aromatic heterocycles. The lowest BCUT2D eigenvalue weighted by molar-refractivity contribution is -0.154. The van der Waals surface area contributed by atoms with E-state index in [4.69, 9.17) is 21.1 Å². The van der Waals surface area contributed by atoms with Gasteiger partial charge in [0.2, 0.25) is 0 Å². The monoisotopic (exact) mass is 361 g/mol. The zero-order valence-corrected chi connectivity index (χ0v) is 14.9. The topological polar surface area (TPSA) is 64.6 Å². The van der Waals surface area contributed by atoms with Crippen LogP contribution in [-0.2, 0) is 20.9 Å². The number of carbonyl (C=O) groups is 2. The summed E-state index contributed by atoms with van der Waals surface area (Å²) in [7, 11) is 0. The minimum absolute atomic E-state index is 0.269. The second kappa shape index (κ2) is 9.08. The minimum atomic E-state index is -0.807. The first-order valence-electron chi connectivity index (χ1n) is 7.86. The lowest BCUT2D eigenvalue weighted by atomic mass is 10.2. The van der Waals surface area contributed by atoms with Gasteiger partial charge in [-0.05, 0) is 43.2 Å². The Balaban J connectivity index is 1.75. The summed E-state index contributed by atoms with van der Waals surface area (Å²) in [5, 5.41) is 3.22. The molecule has 5 nitrogen and oxygen atoms in total. The molecule has 0 saturated carbocycles. The van der Waals surface area contributed by atoms with Gasteiger partial charge in [0.05, 0.1) is 0 Å². The first kappa shape index (κ1) is 18.8. The van der Waals surface area contributed by atoms with Crippen LogP contribution in [0.2, 0.25) is 5.02 Å². The highest BCUT2D eigenvalue weighted by Crippen LogP contribution is 2.15. The van der Waals surface area contributed by atoms with E-state index in [-0.39, 0.29) is 13.2 Å². The van der Waals surface area contributed by atoms with Gasteiger partial charge in [-0.1, -0.05) is 41.9 Å². The van der Waals surface area contributed by atoms with E-state index >= 15 is 0 Å². The van der Waals surface area contributed by atoms with E-state index in [1.807, 2.05) is 43.3 Å². The van der Waals surface area contributed by atoms with E-state index < -0.39 is 18.0 Å². The van der Waals surface area contributed by atoms with Crippen LogP contribution in [0.4, 0.5) is 0 Å². The third kappa shape index (κ3) is 6.12. The fraction of sp³-hybridized carbons (Fsp3) is 0.263. The van der Waals surface area contributed by atoms with Gasteiger partial charge in [0.1, 0.15) is 5.75 Å². The zero-order valence-electron chi connectivity index (χ0n) is 14.1. The van der Waals surface area contributed by atoms with Crippen LogP contribution in [0.15, 0.2) is 48.5 Å².